The van der Waals surface area contributed by atoms with E-state index in [1.54, 1.807) is 48.8 Å². The molecule has 9 heteroatoms. The van der Waals surface area contributed by atoms with Gasteiger partial charge in [0, 0.05) is 18.3 Å². The molecule has 0 aliphatic carbocycles. The van der Waals surface area contributed by atoms with E-state index in [0.29, 0.717) is 33.7 Å². The maximum absolute atomic E-state index is 12.5. The summed E-state index contributed by atoms with van der Waals surface area (Å²) in [4.78, 5) is 16.2. The summed E-state index contributed by atoms with van der Waals surface area (Å²) < 4.78 is 44.1. The van der Waals surface area contributed by atoms with Gasteiger partial charge < -0.3 is 15.2 Å². The van der Waals surface area contributed by atoms with Crippen LogP contribution in [0.25, 0.3) is 16.9 Å². The Labute approximate surface area is 171 Å². The van der Waals surface area contributed by atoms with Crippen LogP contribution in [0.4, 0.5) is 18.9 Å². The van der Waals surface area contributed by atoms with Crippen LogP contribution in [0.15, 0.2) is 36.7 Å². The number of nitrogens with zero attached hydrogens (tertiary/aromatic N) is 2. The van der Waals surface area contributed by atoms with Gasteiger partial charge in [0.05, 0.1) is 42.8 Å². The molecular formula is C21H22F3N3O3. The Morgan fingerprint density at radius 3 is 2.67 bits per heavy atom. The topological polar surface area (TPSA) is 75.9 Å². The third-order valence-electron chi connectivity index (χ3n) is 4.76. The molecular weight excluding hydrogens is 399 g/mol. The number of halogens is 3. The van der Waals surface area contributed by atoms with Gasteiger partial charge in [-0.15, -0.1) is 0 Å². The summed E-state index contributed by atoms with van der Waals surface area (Å²) in [5, 5.41) is 12.8. The summed E-state index contributed by atoms with van der Waals surface area (Å²) in [6, 6.07) is 6.80. The number of esters is 1. The molecule has 0 saturated carbocycles. The number of ether oxygens (including phenoxy) is 1. The summed E-state index contributed by atoms with van der Waals surface area (Å²) >= 11 is 0. The van der Waals surface area contributed by atoms with Gasteiger partial charge in [0.1, 0.15) is 0 Å². The zero-order valence-electron chi connectivity index (χ0n) is 16.7. The summed E-state index contributed by atoms with van der Waals surface area (Å²) in [5.41, 5.74) is 3.94. The smallest absolute Gasteiger partial charge is 0.390 e. The number of alkyl halides is 3. The average molecular weight is 421 g/mol. The number of nitrogens with one attached hydrogen (secondary N) is 1. The number of imidazole rings is 1. The molecule has 0 aliphatic heterocycles. The van der Waals surface area contributed by atoms with Gasteiger partial charge in [0.2, 0.25) is 0 Å². The number of pyridine rings is 1. The lowest BCUT2D eigenvalue weighted by molar-refractivity contribution is -0.131. The van der Waals surface area contributed by atoms with E-state index in [2.05, 4.69) is 10.3 Å². The first-order valence-electron chi connectivity index (χ1n) is 9.29. The maximum Gasteiger partial charge on any atom is 0.390 e. The molecule has 2 N–H and O–H groups in total. The first kappa shape index (κ1) is 21.6. The Hall–Kier alpha value is -3.07. The van der Waals surface area contributed by atoms with Crippen LogP contribution in [-0.2, 0) is 4.74 Å². The zero-order chi connectivity index (χ0) is 22.1. The second-order valence-electron chi connectivity index (χ2n) is 7.01. The number of benzene rings is 1. The maximum atomic E-state index is 12.5. The fourth-order valence-electron chi connectivity index (χ4n) is 3.18. The van der Waals surface area contributed by atoms with Crippen LogP contribution in [0.1, 0.15) is 40.9 Å². The highest BCUT2D eigenvalue weighted by Crippen LogP contribution is 2.30. The van der Waals surface area contributed by atoms with E-state index in [4.69, 9.17) is 4.74 Å². The fraction of sp³-hybridized carbons (Fsp3) is 0.333. The SMILES string of the molecule is COC(=O)c1ccc(-c2cnc3c(NCCC(F)(F)F)cc([C@H](C)O)cn23)cc1C. The van der Waals surface area contributed by atoms with Gasteiger partial charge in [-0.2, -0.15) is 13.2 Å². The van der Waals surface area contributed by atoms with Crippen molar-refractivity contribution in [2.75, 3.05) is 19.0 Å². The average Bonchev–Trinajstić information content (AvgIpc) is 3.10. The second kappa shape index (κ2) is 8.35. The zero-order valence-corrected chi connectivity index (χ0v) is 16.7. The minimum Gasteiger partial charge on any atom is -0.465 e. The monoisotopic (exact) mass is 421 g/mol. The summed E-state index contributed by atoms with van der Waals surface area (Å²) in [7, 11) is 1.31. The van der Waals surface area contributed by atoms with Crippen molar-refractivity contribution in [2.24, 2.45) is 0 Å². The number of aromatic nitrogens is 2. The van der Waals surface area contributed by atoms with Crippen molar-refractivity contribution in [1.29, 1.82) is 0 Å². The van der Waals surface area contributed by atoms with Crippen LogP contribution in [0.2, 0.25) is 0 Å². The molecule has 2 aromatic heterocycles. The van der Waals surface area contributed by atoms with Crippen LogP contribution in [0, 0.1) is 6.92 Å². The third-order valence-corrected chi connectivity index (χ3v) is 4.76. The van der Waals surface area contributed by atoms with Crippen molar-refractivity contribution in [3.05, 3.63) is 53.3 Å². The predicted molar refractivity (Wildman–Crippen MR) is 107 cm³/mol. The Bertz CT molecular complexity index is 1070. The lowest BCUT2D eigenvalue weighted by atomic mass is 10.0. The molecule has 2 heterocycles. The number of carbonyl (C=O) groups is 1. The van der Waals surface area contributed by atoms with Crippen LogP contribution in [0.5, 0.6) is 0 Å². The Kier molecular flexibility index (Phi) is 6.02. The standard InChI is InChI=1S/C21H22F3N3O3/c1-12-8-14(4-5-16(12)20(29)30-3)18-10-26-19-17(25-7-6-21(22,23)24)9-15(13(2)28)11-27(18)19/h4-5,8-11,13,25,28H,6-7H2,1-3H3/t13-/m0/s1. The lowest BCUT2D eigenvalue weighted by Crippen LogP contribution is -2.15. The van der Waals surface area contributed by atoms with E-state index in [9.17, 15) is 23.1 Å². The first-order chi connectivity index (χ1) is 14.1. The van der Waals surface area contributed by atoms with Gasteiger partial charge in [0.25, 0.3) is 0 Å². The first-order valence-corrected chi connectivity index (χ1v) is 9.29. The summed E-state index contributed by atoms with van der Waals surface area (Å²) in [6.07, 6.45) is -2.79. The highest BCUT2D eigenvalue weighted by molar-refractivity contribution is 5.91. The van der Waals surface area contributed by atoms with Gasteiger partial charge in [-0.3, -0.25) is 4.40 Å². The quantitative estimate of drug-likeness (QED) is 0.573. The van der Waals surface area contributed by atoms with E-state index < -0.39 is 24.7 Å². The van der Waals surface area contributed by atoms with Crippen molar-refractivity contribution in [2.45, 2.75) is 32.5 Å². The number of aliphatic hydroxyl groups is 1. The number of anilines is 1. The number of rotatable bonds is 6. The predicted octanol–water partition coefficient (Wildman–Crippen LogP) is 4.51. The molecule has 1 atom stereocenters. The van der Waals surface area contributed by atoms with Crippen molar-refractivity contribution in [3.63, 3.8) is 0 Å². The van der Waals surface area contributed by atoms with Crippen molar-refractivity contribution in [3.8, 4) is 11.3 Å². The number of carbonyl (C=O) groups excluding carboxylic acids is 1. The molecule has 0 aliphatic rings. The minimum absolute atomic E-state index is 0.308. The lowest BCUT2D eigenvalue weighted by Gasteiger charge is -2.14. The molecule has 3 rings (SSSR count). The minimum atomic E-state index is -4.27. The summed E-state index contributed by atoms with van der Waals surface area (Å²) in [6.45, 7) is 3.05. The Balaban J connectivity index is 2.05. The second-order valence-corrected chi connectivity index (χ2v) is 7.01. The van der Waals surface area contributed by atoms with Gasteiger partial charge in [-0.05, 0) is 43.2 Å². The third kappa shape index (κ3) is 4.56. The number of methoxy groups -OCH3 is 1. The molecule has 3 aromatic rings. The number of hydrogen-bond acceptors (Lipinski definition) is 5. The molecule has 0 saturated heterocycles. The summed E-state index contributed by atoms with van der Waals surface area (Å²) in [5.74, 6) is -0.440. The Morgan fingerprint density at radius 1 is 1.33 bits per heavy atom. The van der Waals surface area contributed by atoms with Crippen LogP contribution in [-0.4, -0.2) is 40.3 Å². The molecule has 0 spiro atoms. The highest BCUT2D eigenvalue weighted by atomic mass is 19.4. The van der Waals surface area contributed by atoms with Crippen LogP contribution >= 0.6 is 0 Å². The van der Waals surface area contributed by atoms with E-state index in [-0.39, 0.29) is 6.54 Å². The Morgan fingerprint density at radius 2 is 2.07 bits per heavy atom. The van der Waals surface area contributed by atoms with Crippen molar-refractivity contribution >= 4 is 17.3 Å². The molecule has 0 unspecified atom stereocenters. The molecule has 30 heavy (non-hydrogen) atoms. The van der Waals surface area contributed by atoms with Crippen molar-refractivity contribution < 1.29 is 27.8 Å². The van der Waals surface area contributed by atoms with Gasteiger partial charge in [-0.25, -0.2) is 9.78 Å². The molecule has 0 fully saturated rings. The molecule has 160 valence electrons. The number of hydrogen-bond donors (Lipinski definition) is 2. The van der Waals surface area contributed by atoms with Gasteiger partial charge in [-0.1, -0.05) is 6.07 Å². The highest BCUT2D eigenvalue weighted by Gasteiger charge is 2.26. The molecule has 0 bridgehead atoms. The normalized spacial score (nSPS) is 12.8. The fourth-order valence-corrected chi connectivity index (χ4v) is 3.18. The molecule has 0 amide bonds. The largest absolute Gasteiger partial charge is 0.465 e. The molecule has 0 radical (unpaired) electrons. The molecule has 1 aromatic carbocycles. The molecule has 6 nitrogen and oxygen atoms in total. The van der Waals surface area contributed by atoms with Gasteiger partial charge >= 0.3 is 12.1 Å². The van der Waals surface area contributed by atoms with E-state index in [1.165, 1.54) is 7.11 Å². The van der Waals surface area contributed by atoms with E-state index in [0.717, 1.165) is 5.56 Å². The van der Waals surface area contributed by atoms with Gasteiger partial charge in [0.15, 0.2) is 5.65 Å². The number of aliphatic hydroxyl groups excluding tert-OH is 1. The van der Waals surface area contributed by atoms with Crippen LogP contribution in [0.3, 0.4) is 0 Å². The number of fused-ring (bicyclic) bond motifs is 1. The van der Waals surface area contributed by atoms with E-state index >= 15 is 0 Å². The van der Waals surface area contributed by atoms with Crippen LogP contribution < -0.4 is 5.32 Å². The van der Waals surface area contributed by atoms with Crippen molar-refractivity contribution in [1.82, 2.24) is 9.38 Å². The number of aryl methyl sites for hydroxylation is 1. The van der Waals surface area contributed by atoms with E-state index in [1.807, 2.05) is 6.07 Å².